The van der Waals surface area contributed by atoms with Crippen LogP contribution in [-0.2, 0) is 0 Å². The Morgan fingerprint density at radius 3 is 2.44 bits per heavy atom. The maximum Gasteiger partial charge on any atom is 0.414 e. The third-order valence-electron chi connectivity index (χ3n) is 10.9. The lowest BCUT2D eigenvalue weighted by atomic mass is 9.46. The van der Waals surface area contributed by atoms with E-state index in [0.29, 0.717) is 30.1 Å². The third-order valence-corrected chi connectivity index (χ3v) is 10.9. The van der Waals surface area contributed by atoms with E-state index in [4.69, 9.17) is 0 Å². The molecule has 0 saturated heterocycles. The van der Waals surface area contributed by atoms with E-state index in [0.717, 1.165) is 44.9 Å². The van der Waals surface area contributed by atoms with E-state index in [1.54, 1.807) is 0 Å². The topological polar surface area (TPSA) is 40.5 Å². The summed E-state index contributed by atoms with van der Waals surface area (Å²) in [6.45, 7) is 9.07. The van der Waals surface area contributed by atoms with E-state index in [9.17, 15) is 23.4 Å². The summed E-state index contributed by atoms with van der Waals surface area (Å²) in [5, 5.41) is 20.4. The summed E-state index contributed by atoms with van der Waals surface area (Å²) >= 11 is 0. The molecular formula is C27H43F3O2. The molecule has 0 aromatic rings. The molecule has 2 nitrogen and oxygen atoms in total. The second-order valence-corrected chi connectivity index (χ2v) is 12.4. The standard InChI is InChI=1S/C27H43F3O2/c1-5-26(32)15-14-24(3)18(16-26)7-8-19-21-10-9-20(25(21,4)13-12-22(19)24)17(2)6-11-23(31)27(28,29)30/h7,17,19-23,31-32H,5-6,8-16H2,1-4H3/t17-,19+,20-,21+,22+,23?,24+,25-,26+/m1/s1. The summed E-state index contributed by atoms with van der Waals surface area (Å²) in [4.78, 5) is 0. The van der Waals surface area contributed by atoms with Crippen molar-refractivity contribution < 1.29 is 23.4 Å². The number of rotatable bonds is 5. The average molecular weight is 457 g/mol. The van der Waals surface area contributed by atoms with Gasteiger partial charge in [0.1, 0.15) is 6.10 Å². The van der Waals surface area contributed by atoms with Crippen molar-refractivity contribution in [1.82, 2.24) is 0 Å². The first kappa shape index (κ1) is 24.6. The van der Waals surface area contributed by atoms with Crippen LogP contribution in [0.15, 0.2) is 11.6 Å². The molecule has 184 valence electrons. The van der Waals surface area contributed by atoms with Crippen LogP contribution in [0.2, 0.25) is 0 Å². The molecule has 3 saturated carbocycles. The number of halogens is 3. The molecule has 0 heterocycles. The first-order valence-electron chi connectivity index (χ1n) is 13.0. The number of fused-ring (bicyclic) bond motifs is 5. The maximum absolute atomic E-state index is 12.8. The predicted molar refractivity (Wildman–Crippen MR) is 121 cm³/mol. The Bertz CT molecular complexity index is 733. The molecule has 0 aliphatic heterocycles. The number of aliphatic hydroxyl groups excluding tert-OH is 1. The van der Waals surface area contributed by atoms with Crippen molar-refractivity contribution in [1.29, 1.82) is 0 Å². The summed E-state index contributed by atoms with van der Waals surface area (Å²) < 4.78 is 38.3. The summed E-state index contributed by atoms with van der Waals surface area (Å²) in [7, 11) is 0. The Kier molecular flexibility index (Phi) is 6.36. The van der Waals surface area contributed by atoms with Crippen LogP contribution in [0, 0.1) is 40.4 Å². The van der Waals surface area contributed by atoms with Gasteiger partial charge in [0.15, 0.2) is 0 Å². The van der Waals surface area contributed by atoms with Gasteiger partial charge >= 0.3 is 6.18 Å². The minimum atomic E-state index is -4.51. The van der Waals surface area contributed by atoms with E-state index in [-0.39, 0.29) is 23.2 Å². The molecule has 0 spiro atoms. The van der Waals surface area contributed by atoms with Crippen LogP contribution in [0.4, 0.5) is 13.2 Å². The van der Waals surface area contributed by atoms with Gasteiger partial charge < -0.3 is 10.2 Å². The zero-order chi connectivity index (χ0) is 23.5. The average Bonchev–Trinajstić information content (AvgIpc) is 3.09. The Morgan fingerprint density at radius 2 is 1.78 bits per heavy atom. The van der Waals surface area contributed by atoms with Crippen LogP contribution >= 0.6 is 0 Å². The molecule has 3 fully saturated rings. The highest BCUT2D eigenvalue weighted by atomic mass is 19.4. The van der Waals surface area contributed by atoms with Crippen LogP contribution in [0.1, 0.15) is 98.3 Å². The number of hydrogen-bond donors (Lipinski definition) is 2. The largest absolute Gasteiger partial charge is 0.414 e. The first-order chi connectivity index (χ1) is 14.8. The maximum atomic E-state index is 12.8. The second kappa shape index (κ2) is 8.29. The van der Waals surface area contributed by atoms with E-state index < -0.39 is 17.9 Å². The van der Waals surface area contributed by atoms with Crippen molar-refractivity contribution in [2.45, 2.75) is 116 Å². The van der Waals surface area contributed by atoms with Gasteiger partial charge in [-0.1, -0.05) is 39.3 Å². The van der Waals surface area contributed by atoms with Crippen LogP contribution in [-0.4, -0.2) is 28.1 Å². The van der Waals surface area contributed by atoms with Gasteiger partial charge in [-0.2, -0.15) is 13.2 Å². The van der Waals surface area contributed by atoms with Gasteiger partial charge in [-0.25, -0.2) is 0 Å². The quantitative estimate of drug-likeness (QED) is 0.435. The van der Waals surface area contributed by atoms with Gasteiger partial charge in [-0.15, -0.1) is 0 Å². The van der Waals surface area contributed by atoms with Crippen LogP contribution in [0.3, 0.4) is 0 Å². The van der Waals surface area contributed by atoms with Crippen LogP contribution < -0.4 is 0 Å². The molecule has 0 aromatic heterocycles. The Morgan fingerprint density at radius 1 is 1.06 bits per heavy atom. The molecule has 4 aliphatic carbocycles. The summed E-state index contributed by atoms with van der Waals surface area (Å²) in [6.07, 6.45) is 5.39. The zero-order valence-corrected chi connectivity index (χ0v) is 20.3. The van der Waals surface area contributed by atoms with Gasteiger partial charge in [-0.3, -0.25) is 0 Å². The fourth-order valence-corrected chi connectivity index (χ4v) is 8.77. The lowest BCUT2D eigenvalue weighted by Gasteiger charge is -2.59. The van der Waals surface area contributed by atoms with Crippen molar-refractivity contribution in [2.75, 3.05) is 0 Å². The van der Waals surface area contributed by atoms with Gasteiger partial charge in [0.05, 0.1) is 5.60 Å². The van der Waals surface area contributed by atoms with Crippen molar-refractivity contribution in [2.24, 2.45) is 40.4 Å². The highest BCUT2D eigenvalue weighted by Gasteiger charge is 2.59. The van der Waals surface area contributed by atoms with Crippen molar-refractivity contribution >= 4 is 0 Å². The molecule has 0 radical (unpaired) electrons. The smallest absolute Gasteiger partial charge is 0.390 e. The third kappa shape index (κ3) is 3.97. The fraction of sp³-hybridized carbons (Fsp3) is 0.926. The predicted octanol–water partition coefficient (Wildman–Crippen LogP) is 7.05. The Balaban J connectivity index is 1.48. The number of aliphatic hydroxyl groups is 2. The van der Waals surface area contributed by atoms with Gasteiger partial charge in [0.25, 0.3) is 0 Å². The van der Waals surface area contributed by atoms with Crippen molar-refractivity contribution in [3.63, 3.8) is 0 Å². The van der Waals surface area contributed by atoms with Gasteiger partial charge in [-0.05, 0) is 111 Å². The van der Waals surface area contributed by atoms with Gasteiger partial charge in [0, 0.05) is 0 Å². The molecule has 4 aliphatic rings. The van der Waals surface area contributed by atoms with Crippen LogP contribution in [0.25, 0.3) is 0 Å². The van der Waals surface area contributed by atoms with E-state index in [1.807, 2.05) is 0 Å². The molecule has 1 unspecified atom stereocenters. The van der Waals surface area contributed by atoms with Crippen LogP contribution in [0.5, 0.6) is 0 Å². The minimum absolute atomic E-state index is 0.182. The molecule has 0 bridgehead atoms. The lowest BCUT2D eigenvalue weighted by molar-refractivity contribution is -0.206. The molecule has 5 heteroatoms. The van der Waals surface area contributed by atoms with Gasteiger partial charge in [0.2, 0.25) is 0 Å². The number of alkyl halides is 3. The Labute approximate surface area is 192 Å². The molecule has 2 N–H and O–H groups in total. The molecule has 4 rings (SSSR count). The summed E-state index contributed by atoms with van der Waals surface area (Å²) in [5.41, 5.74) is 1.36. The highest BCUT2D eigenvalue weighted by molar-refractivity contribution is 5.27. The lowest BCUT2D eigenvalue weighted by Crippen LogP contribution is -2.52. The zero-order valence-electron chi connectivity index (χ0n) is 20.3. The summed E-state index contributed by atoms with van der Waals surface area (Å²) in [6, 6.07) is 0. The highest BCUT2D eigenvalue weighted by Crippen LogP contribution is 2.67. The molecule has 0 amide bonds. The molecule has 32 heavy (non-hydrogen) atoms. The minimum Gasteiger partial charge on any atom is -0.390 e. The van der Waals surface area contributed by atoms with Crippen molar-refractivity contribution in [3.8, 4) is 0 Å². The summed E-state index contributed by atoms with van der Waals surface area (Å²) in [5.74, 6) is 2.63. The Hall–Kier alpha value is -0.550. The SMILES string of the molecule is CC[C@]1(O)CC[C@@]2(C)C(=CC[C@H]3[C@@H]4CC[C@H]([C@H](C)CCC(O)C(F)(F)F)[C@@]4(C)CC[C@@H]32)C1. The van der Waals surface area contributed by atoms with E-state index in [1.165, 1.54) is 18.4 Å². The number of hydrogen-bond acceptors (Lipinski definition) is 2. The van der Waals surface area contributed by atoms with E-state index >= 15 is 0 Å². The second-order valence-electron chi connectivity index (χ2n) is 12.4. The molecule has 9 atom stereocenters. The van der Waals surface area contributed by atoms with Crippen molar-refractivity contribution in [3.05, 3.63) is 11.6 Å². The monoisotopic (exact) mass is 456 g/mol. The number of allylic oxidation sites excluding steroid dienone is 1. The van der Waals surface area contributed by atoms with E-state index in [2.05, 4.69) is 33.8 Å². The first-order valence-corrected chi connectivity index (χ1v) is 13.0. The fourth-order valence-electron chi connectivity index (χ4n) is 8.77. The normalized spacial score (nSPS) is 46.0. The molecular weight excluding hydrogens is 413 g/mol. The molecule has 0 aromatic carbocycles.